The molecule has 3 rings (SSSR count). The van der Waals surface area contributed by atoms with Crippen molar-refractivity contribution in [3.05, 3.63) is 77.9 Å². The lowest BCUT2D eigenvalue weighted by molar-refractivity contribution is 0.104. The van der Waals surface area contributed by atoms with Crippen molar-refractivity contribution in [2.75, 3.05) is 12.4 Å². The molecule has 98 valence electrons. The Hall–Kier alpha value is -2.61. The summed E-state index contributed by atoms with van der Waals surface area (Å²) in [6, 6.07) is 21.3. The summed E-state index contributed by atoms with van der Waals surface area (Å²) in [6.07, 6.45) is 0. The van der Waals surface area contributed by atoms with Gasteiger partial charge in [0, 0.05) is 23.9 Å². The molecule has 0 radical (unpaired) electrons. The second-order valence-electron chi connectivity index (χ2n) is 4.68. The fourth-order valence-electron chi connectivity index (χ4n) is 2.37. The van der Waals surface area contributed by atoms with E-state index < -0.39 is 0 Å². The standard InChI is InChI=1S/C18H15NO/c1-19-15-11-9-14(10-12-15)18(20)17-8-4-6-13-5-2-3-7-16(13)17/h2-12,19H,1H3. The van der Waals surface area contributed by atoms with Gasteiger partial charge in [0.25, 0.3) is 0 Å². The zero-order valence-corrected chi connectivity index (χ0v) is 11.3. The highest BCUT2D eigenvalue weighted by molar-refractivity contribution is 6.16. The van der Waals surface area contributed by atoms with Gasteiger partial charge in [0.2, 0.25) is 0 Å². The van der Waals surface area contributed by atoms with Crippen LogP contribution < -0.4 is 5.32 Å². The minimum absolute atomic E-state index is 0.0597. The molecule has 2 nitrogen and oxygen atoms in total. The Morgan fingerprint density at radius 2 is 1.55 bits per heavy atom. The summed E-state index contributed by atoms with van der Waals surface area (Å²) in [6.45, 7) is 0. The molecule has 0 saturated carbocycles. The van der Waals surface area contributed by atoms with Crippen LogP contribution in [-0.4, -0.2) is 12.8 Å². The van der Waals surface area contributed by atoms with Gasteiger partial charge in [-0.25, -0.2) is 0 Å². The molecule has 0 unspecified atom stereocenters. The molecule has 0 fully saturated rings. The average molecular weight is 261 g/mol. The molecule has 0 heterocycles. The van der Waals surface area contributed by atoms with Crippen molar-refractivity contribution in [2.24, 2.45) is 0 Å². The number of nitrogens with one attached hydrogen (secondary N) is 1. The van der Waals surface area contributed by atoms with Crippen LogP contribution in [0.2, 0.25) is 0 Å². The molecule has 0 bridgehead atoms. The lowest BCUT2D eigenvalue weighted by Gasteiger charge is -2.07. The van der Waals surface area contributed by atoms with Gasteiger partial charge in [0.05, 0.1) is 0 Å². The van der Waals surface area contributed by atoms with Crippen molar-refractivity contribution in [2.45, 2.75) is 0 Å². The molecular weight excluding hydrogens is 246 g/mol. The van der Waals surface area contributed by atoms with Crippen LogP contribution >= 0.6 is 0 Å². The summed E-state index contributed by atoms with van der Waals surface area (Å²) in [5.41, 5.74) is 2.46. The molecule has 0 aliphatic rings. The first-order chi connectivity index (χ1) is 9.79. The highest BCUT2D eigenvalue weighted by Crippen LogP contribution is 2.22. The molecule has 0 amide bonds. The van der Waals surface area contributed by atoms with Crippen molar-refractivity contribution in [3.63, 3.8) is 0 Å². The minimum atomic E-state index is 0.0597. The SMILES string of the molecule is CNc1ccc(C(=O)c2cccc3ccccc23)cc1. The molecule has 0 aliphatic carbocycles. The zero-order chi connectivity index (χ0) is 13.9. The van der Waals surface area contributed by atoms with E-state index in [4.69, 9.17) is 0 Å². The van der Waals surface area contributed by atoms with Crippen molar-refractivity contribution in [1.29, 1.82) is 0 Å². The quantitative estimate of drug-likeness (QED) is 0.719. The van der Waals surface area contributed by atoms with Crippen molar-refractivity contribution < 1.29 is 4.79 Å². The topological polar surface area (TPSA) is 29.1 Å². The van der Waals surface area contributed by atoms with Gasteiger partial charge in [-0.05, 0) is 35.0 Å². The number of benzene rings is 3. The summed E-state index contributed by atoms with van der Waals surface area (Å²) >= 11 is 0. The molecule has 3 aromatic rings. The number of fused-ring (bicyclic) bond motifs is 1. The van der Waals surface area contributed by atoms with E-state index in [0.29, 0.717) is 5.56 Å². The van der Waals surface area contributed by atoms with E-state index in [1.54, 1.807) is 0 Å². The fraction of sp³-hybridized carbons (Fsp3) is 0.0556. The van der Waals surface area contributed by atoms with Gasteiger partial charge in [0.15, 0.2) is 5.78 Å². The van der Waals surface area contributed by atoms with Crippen LogP contribution in [0.25, 0.3) is 10.8 Å². The van der Waals surface area contributed by atoms with Gasteiger partial charge in [-0.2, -0.15) is 0 Å². The summed E-state index contributed by atoms with van der Waals surface area (Å²) in [5.74, 6) is 0.0597. The van der Waals surface area contributed by atoms with Crippen LogP contribution in [0.1, 0.15) is 15.9 Å². The Kier molecular flexibility index (Phi) is 3.21. The monoisotopic (exact) mass is 261 g/mol. The largest absolute Gasteiger partial charge is 0.388 e. The van der Waals surface area contributed by atoms with Crippen molar-refractivity contribution in [1.82, 2.24) is 0 Å². The third-order valence-corrected chi connectivity index (χ3v) is 3.47. The maximum Gasteiger partial charge on any atom is 0.193 e. The molecule has 0 saturated heterocycles. The zero-order valence-electron chi connectivity index (χ0n) is 11.3. The second-order valence-corrected chi connectivity index (χ2v) is 4.68. The highest BCUT2D eigenvalue weighted by atomic mass is 16.1. The van der Waals surface area contributed by atoms with Crippen LogP contribution in [-0.2, 0) is 0 Å². The maximum atomic E-state index is 12.6. The summed E-state index contributed by atoms with van der Waals surface area (Å²) in [4.78, 5) is 12.6. The number of carbonyl (C=O) groups excluding carboxylic acids is 1. The smallest absolute Gasteiger partial charge is 0.193 e. The lowest BCUT2D eigenvalue weighted by atomic mass is 9.97. The Morgan fingerprint density at radius 1 is 0.850 bits per heavy atom. The van der Waals surface area contributed by atoms with Gasteiger partial charge >= 0.3 is 0 Å². The molecule has 20 heavy (non-hydrogen) atoms. The summed E-state index contributed by atoms with van der Waals surface area (Å²) < 4.78 is 0. The number of rotatable bonds is 3. The normalized spacial score (nSPS) is 10.4. The first kappa shape index (κ1) is 12.4. The third kappa shape index (κ3) is 2.16. The minimum Gasteiger partial charge on any atom is -0.388 e. The van der Waals surface area contributed by atoms with Crippen molar-refractivity contribution in [3.8, 4) is 0 Å². The number of ketones is 1. The first-order valence-corrected chi connectivity index (χ1v) is 6.60. The summed E-state index contributed by atoms with van der Waals surface area (Å²) in [7, 11) is 1.86. The van der Waals surface area contributed by atoms with Gasteiger partial charge in [-0.3, -0.25) is 4.79 Å². The molecule has 0 spiro atoms. The average Bonchev–Trinajstić information content (AvgIpc) is 2.54. The van der Waals surface area contributed by atoms with Crippen LogP contribution in [0.4, 0.5) is 5.69 Å². The Balaban J connectivity index is 2.07. The number of hydrogen-bond acceptors (Lipinski definition) is 2. The van der Waals surface area contributed by atoms with E-state index in [2.05, 4.69) is 5.32 Å². The van der Waals surface area contributed by atoms with Crippen LogP contribution in [0.3, 0.4) is 0 Å². The van der Waals surface area contributed by atoms with Crippen molar-refractivity contribution >= 4 is 22.2 Å². The van der Waals surface area contributed by atoms with Crippen LogP contribution in [0, 0.1) is 0 Å². The molecule has 1 N–H and O–H groups in total. The molecule has 3 aromatic carbocycles. The predicted octanol–water partition coefficient (Wildman–Crippen LogP) is 4.11. The first-order valence-electron chi connectivity index (χ1n) is 6.60. The molecule has 0 atom stereocenters. The molecular formula is C18H15NO. The van der Waals surface area contributed by atoms with Gasteiger partial charge in [0.1, 0.15) is 0 Å². The number of hydrogen-bond donors (Lipinski definition) is 1. The van der Waals surface area contributed by atoms with E-state index in [0.717, 1.165) is 22.0 Å². The molecule has 0 aromatic heterocycles. The van der Waals surface area contributed by atoms with Gasteiger partial charge in [-0.1, -0.05) is 42.5 Å². The Bertz CT molecular complexity index is 754. The van der Waals surface area contributed by atoms with E-state index in [1.165, 1.54) is 0 Å². The third-order valence-electron chi connectivity index (χ3n) is 3.47. The molecule has 0 aliphatic heterocycles. The van der Waals surface area contributed by atoms with E-state index >= 15 is 0 Å². The maximum absolute atomic E-state index is 12.6. The Morgan fingerprint density at radius 3 is 2.30 bits per heavy atom. The summed E-state index contributed by atoms with van der Waals surface area (Å²) in [5, 5.41) is 5.14. The lowest BCUT2D eigenvalue weighted by Crippen LogP contribution is -2.02. The van der Waals surface area contributed by atoms with E-state index in [1.807, 2.05) is 73.8 Å². The van der Waals surface area contributed by atoms with Crippen LogP contribution in [0.15, 0.2) is 66.7 Å². The van der Waals surface area contributed by atoms with Crippen LogP contribution in [0.5, 0.6) is 0 Å². The predicted molar refractivity (Wildman–Crippen MR) is 83.4 cm³/mol. The number of carbonyl (C=O) groups is 1. The Labute approximate surface area is 118 Å². The fourth-order valence-corrected chi connectivity index (χ4v) is 2.37. The highest BCUT2D eigenvalue weighted by Gasteiger charge is 2.11. The van der Waals surface area contributed by atoms with E-state index in [9.17, 15) is 4.79 Å². The van der Waals surface area contributed by atoms with E-state index in [-0.39, 0.29) is 5.78 Å². The second kappa shape index (κ2) is 5.17. The van der Waals surface area contributed by atoms with Gasteiger partial charge < -0.3 is 5.32 Å². The number of anilines is 1. The van der Waals surface area contributed by atoms with Gasteiger partial charge in [-0.15, -0.1) is 0 Å². The molecule has 2 heteroatoms.